The highest BCUT2D eigenvalue weighted by atomic mass is 19.1. The summed E-state index contributed by atoms with van der Waals surface area (Å²) in [7, 11) is 0. The van der Waals surface area contributed by atoms with Crippen LogP contribution in [0.1, 0.15) is 41.0 Å². The molecule has 19 heavy (non-hydrogen) atoms. The van der Waals surface area contributed by atoms with Crippen molar-refractivity contribution < 1.29 is 14.0 Å². The molecule has 0 aromatic heterocycles. The van der Waals surface area contributed by atoms with Crippen LogP contribution >= 0.6 is 0 Å². The predicted octanol–water partition coefficient (Wildman–Crippen LogP) is 1.74. The molecule has 1 aliphatic heterocycles. The molecule has 1 heterocycles. The van der Waals surface area contributed by atoms with Crippen molar-refractivity contribution in [3.63, 3.8) is 0 Å². The van der Waals surface area contributed by atoms with Crippen LogP contribution in [0.5, 0.6) is 0 Å². The number of rotatable bonds is 4. The van der Waals surface area contributed by atoms with Crippen LogP contribution in [-0.2, 0) is 9.59 Å². The summed E-state index contributed by atoms with van der Waals surface area (Å²) in [4.78, 5) is 26.2. The van der Waals surface area contributed by atoms with Gasteiger partial charge in [-0.25, -0.2) is 4.39 Å². The third-order valence-corrected chi connectivity index (χ3v) is 3.80. The zero-order chi connectivity index (χ0) is 14.8. The normalized spacial score (nSPS) is 26.3. The molecule has 1 rings (SSSR count). The smallest absolute Gasteiger partial charge is 0.246 e. The Morgan fingerprint density at radius 1 is 1.37 bits per heavy atom. The lowest BCUT2D eigenvalue weighted by Gasteiger charge is -2.44. The second kappa shape index (κ2) is 5.88. The monoisotopic (exact) mass is 272 g/mol. The molecule has 0 aliphatic carbocycles. The molecule has 5 heteroatoms. The second-order valence-corrected chi connectivity index (χ2v) is 6.36. The quantitative estimate of drug-likeness (QED) is 0.847. The summed E-state index contributed by atoms with van der Waals surface area (Å²) in [5, 5.41) is 2.81. The van der Waals surface area contributed by atoms with Crippen molar-refractivity contribution in [1.82, 2.24) is 10.2 Å². The van der Waals surface area contributed by atoms with Crippen LogP contribution < -0.4 is 5.32 Å². The van der Waals surface area contributed by atoms with Gasteiger partial charge in [0.15, 0.2) is 0 Å². The first-order valence-corrected chi connectivity index (χ1v) is 6.90. The first-order valence-electron chi connectivity index (χ1n) is 6.90. The zero-order valence-corrected chi connectivity index (χ0v) is 12.5. The van der Waals surface area contributed by atoms with Crippen LogP contribution in [0, 0.1) is 11.3 Å². The van der Waals surface area contributed by atoms with E-state index >= 15 is 0 Å². The van der Waals surface area contributed by atoms with Crippen LogP contribution in [-0.4, -0.2) is 42.0 Å². The molecule has 0 bridgehead atoms. The first kappa shape index (κ1) is 15.9. The maximum atomic E-state index is 12.7. The van der Waals surface area contributed by atoms with Crippen molar-refractivity contribution in [2.45, 2.75) is 53.1 Å². The van der Waals surface area contributed by atoms with Crippen molar-refractivity contribution in [3.05, 3.63) is 0 Å². The Kier molecular flexibility index (Phi) is 4.93. The third-order valence-electron chi connectivity index (χ3n) is 3.80. The van der Waals surface area contributed by atoms with E-state index in [1.807, 2.05) is 34.6 Å². The lowest BCUT2D eigenvalue weighted by Crippen LogP contribution is -2.68. The van der Waals surface area contributed by atoms with E-state index < -0.39 is 18.8 Å². The molecule has 4 nitrogen and oxygen atoms in total. The first-order chi connectivity index (χ1) is 8.73. The lowest BCUT2D eigenvalue weighted by molar-refractivity contribution is -0.154. The average molecular weight is 272 g/mol. The van der Waals surface area contributed by atoms with E-state index in [4.69, 9.17) is 0 Å². The Labute approximate surface area is 114 Å². The molecular formula is C14H25FN2O2. The van der Waals surface area contributed by atoms with Crippen molar-refractivity contribution in [2.24, 2.45) is 11.3 Å². The second-order valence-electron chi connectivity index (χ2n) is 6.36. The summed E-state index contributed by atoms with van der Waals surface area (Å²) < 4.78 is 12.7. The molecule has 2 amide bonds. The summed E-state index contributed by atoms with van der Waals surface area (Å²) in [5.41, 5.74) is -0.373. The number of hydrogen-bond acceptors (Lipinski definition) is 2. The lowest BCUT2D eigenvalue weighted by atomic mass is 9.82. The zero-order valence-electron chi connectivity index (χ0n) is 12.5. The van der Waals surface area contributed by atoms with E-state index in [0.29, 0.717) is 0 Å². The summed E-state index contributed by atoms with van der Waals surface area (Å²) in [6.07, 6.45) is 0.772. The molecule has 1 aliphatic rings. The minimum atomic E-state index is -0.622. The predicted molar refractivity (Wildman–Crippen MR) is 72.3 cm³/mol. The SMILES string of the molecule is CCC(C)C1C(=O)NC(C(C)(C)C)C(=O)N1CCF. The number of hydrogen-bond donors (Lipinski definition) is 1. The number of carbonyl (C=O) groups is 2. The molecular weight excluding hydrogens is 247 g/mol. The molecule has 0 aromatic carbocycles. The Morgan fingerprint density at radius 2 is 1.95 bits per heavy atom. The molecule has 0 spiro atoms. The highest BCUT2D eigenvalue weighted by Crippen LogP contribution is 2.28. The van der Waals surface area contributed by atoms with Crippen LogP contribution in [0.2, 0.25) is 0 Å². The van der Waals surface area contributed by atoms with Gasteiger partial charge in [0.05, 0.1) is 0 Å². The Bertz CT molecular complexity index is 352. The molecule has 110 valence electrons. The van der Waals surface area contributed by atoms with E-state index in [9.17, 15) is 14.0 Å². The number of amides is 2. The van der Waals surface area contributed by atoms with E-state index in [1.165, 1.54) is 4.90 Å². The van der Waals surface area contributed by atoms with Gasteiger partial charge in [-0.05, 0) is 11.3 Å². The number of carbonyl (C=O) groups excluding carboxylic acids is 2. The van der Waals surface area contributed by atoms with Crippen LogP contribution in [0.25, 0.3) is 0 Å². The fraction of sp³-hybridized carbons (Fsp3) is 0.857. The van der Waals surface area contributed by atoms with Crippen LogP contribution in [0.3, 0.4) is 0 Å². The highest BCUT2D eigenvalue weighted by molar-refractivity contribution is 5.97. The van der Waals surface area contributed by atoms with Crippen molar-refractivity contribution in [3.8, 4) is 0 Å². The Balaban J connectivity index is 3.06. The molecule has 0 radical (unpaired) electrons. The van der Waals surface area contributed by atoms with Gasteiger partial charge in [0.25, 0.3) is 0 Å². The van der Waals surface area contributed by atoms with Crippen LogP contribution in [0.15, 0.2) is 0 Å². The number of alkyl halides is 1. The van der Waals surface area contributed by atoms with Gasteiger partial charge in [-0.3, -0.25) is 9.59 Å². The van der Waals surface area contributed by atoms with E-state index in [2.05, 4.69) is 5.32 Å². The minimum Gasteiger partial charge on any atom is -0.342 e. The largest absolute Gasteiger partial charge is 0.342 e. The molecule has 3 atom stereocenters. The average Bonchev–Trinajstić information content (AvgIpc) is 2.31. The standard InChI is InChI=1S/C14H25FN2O2/c1-6-9(2)10-12(18)16-11(14(3,4)5)13(19)17(10)8-7-15/h9-11H,6-8H2,1-5H3,(H,16,18). The summed E-state index contributed by atoms with van der Waals surface area (Å²) in [5.74, 6) is -0.311. The molecule has 1 fully saturated rings. The summed E-state index contributed by atoms with van der Waals surface area (Å²) in [6.45, 7) is 8.94. The van der Waals surface area contributed by atoms with Crippen molar-refractivity contribution in [2.75, 3.05) is 13.2 Å². The van der Waals surface area contributed by atoms with E-state index in [-0.39, 0.29) is 29.7 Å². The van der Waals surface area contributed by atoms with E-state index in [1.54, 1.807) is 0 Å². The summed E-state index contributed by atoms with van der Waals surface area (Å²) >= 11 is 0. The van der Waals surface area contributed by atoms with Gasteiger partial charge < -0.3 is 10.2 Å². The van der Waals surface area contributed by atoms with Gasteiger partial charge in [-0.2, -0.15) is 0 Å². The van der Waals surface area contributed by atoms with Gasteiger partial charge >= 0.3 is 0 Å². The van der Waals surface area contributed by atoms with Gasteiger partial charge in [0.1, 0.15) is 18.8 Å². The molecule has 0 aromatic rings. The number of halogens is 1. The topological polar surface area (TPSA) is 49.4 Å². The van der Waals surface area contributed by atoms with Crippen LogP contribution in [0.4, 0.5) is 4.39 Å². The minimum absolute atomic E-state index is 0.00611. The van der Waals surface area contributed by atoms with Gasteiger partial charge in [0, 0.05) is 6.54 Å². The number of nitrogens with zero attached hydrogens (tertiary/aromatic N) is 1. The van der Waals surface area contributed by atoms with Crippen molar-refractivity contribution >= 4 is 11.8 Å². The van der Waals surface area contributed by atoms with Gasteiger partial charge in [-0.1, -0.05) is 41.0 Å². The molecule has 1 saturated heterocycles. The fourth-order valence-electron chi connectivity index (χ4n) is 2.45. The highest BCUT2D eigenvalue weighted by Gasteiger charge is 2.46. The molecule has 0 saturated carbocycles. The Hall–Kier alpha value is -1.13. The molecule has 1 N–H and O–H groups in total. The fourth-order valence-corrected chi connectivity index (χ4v) is 2.45. The number of nitrogens with one attached hydrogen (secondary N) is 1. The van der Waals surface area contributed by atoms with Gasteiger partial charge in [0.2, 0.25) is 11.8 Å². The maximum absolute atomic E-state index is 12.7. The Morgan fingerprint density at radius 3 is 2.37 bits per heavy atom. The van der Waals surface area contributed by atoms with E-state index in [0.717, 1.165) is 6.42 Å². The molecule has 3 unspecified atom stereocenters. The number of piperazine rings is 1. The third kappa shape index (κ3) is 3.25. The summed E-state index contributed by atoms with van der Waals surface area (Å²) in [6, 6.07) is -1.13. The van der Waals surface area contributed by atoms with Gasteiger partial charge in [-0.15, -0.1) is 0 Å². The van der Waals surface area contributed by atoms with Crippen molar-refractivity contribution in [1.29, 1.82) is 0 Å². The maximum Gasteiger partial charge on any atom is 0.246 e.